The third-order valence-electron chi connectivity index (χ3n) is 9.65. The normalized spacial score (nSPS) is 24.3. The molecule has 2 saturated heterocycles. The summed E-state index contributed by atoms with van der Waals surface area (Å²) in [4.78, 5) is 72.8. The monoisotopic (exact) mass is 847 g/mol. The maximum absolute atomic E-state index is 13.3. The summed E-state index contributed by atoms with van der Waals surface area (Å²) in [5, 5.41) is 27.4. The number of carbonyl (C=O) groups is 5. The number of carboxylic acid groups (broad SMARTS) is 1. The molecule has 0 saturated carbocycles. The first-order valence-corrected chi connectivity index (χ1v) is 19.8. The summed E-state index contributed by atoms with van der Waals surface area (Å²) in [6, 6.07) is 0.0915. The van der Waals surface area contributed by atoms with Gasteiger partial charge in [-0.15, -0.1) is 0 Å². The Morgan fingerprint density at radius 2 is 1.78 bits per heavy atom. The number of nitrogens with zero attached hydrogens (tertiary/aromatic N) is 2. The van der Waals surface area contributed by atoms with Gasteiger partial charge in [0.25, 0.3) is 0 Å². The molecule has 0 spiro atoms. The van der Waals surface area contributed by atoms with Crippen LogP contribution >= 0.6 is 11.8 Å². The van der Waals surface area contributed by atoms with Gasteiger partial charge in [-0.1, -0.05) is 37.3 Å². The summed E-state index contributed by atoms with van der Waals surface area (Å²) in [5.41, 5.74) is -2.32. The topological polar surface area (TPSA) is 256 Å². The molecule has 0 radical (unpaired) electrons. The van der Waals surface area contributed by atoms with E-state index in [9.17, 15) is 39.1 Å². The molecule has 0 aromatic carbocycles. The van der Waals surface area contributed by atoms with Crippen molar-refractivity contribution in [2.24, 2.45) is 0 Å². The number of methoxy groups -OCH3 is 1. The molecule has 2 aromatic heterocycles. The standard InChI is InChI=1S/C39H49N3O16S/c1-8-31-38(5)37(53-24(4)44)39(6,57-31)35(29(56-38)15-12-10-9-11-14-28-22(2)30(51-7)18-34(47)54-28)55-33(46)17-13-16-32(45)52-19-27-25(41-58-42(27)50)20-59-21-26(36(48)49)40-23(3)43/h9-12,14-15,18,26,29,31,35,37H,8,13,16-17,19-21H2,1-7H3,(H,40,43)(H,48,49)/b10-9+,14-11+,15-12+/t26-,29+,31-,35+,37-,38+,39-/m1/s1. The first-order chi connectivity index (χ1) is 27.9. The van der Waals surface area contributed by atoms with Gasteiger partial charge >= 0.3 is 29.5 Å². The smallest absolute Gasteiger partial charge is 0.339 e. The lowest BCUT2D eigenvalue weighted by Crippen LogP contribution is -2.66. The van der Waals surface area contributed by atoms with Crippen LogP contribution < -0.4 is 20.6 Å². The number of rotatable bonds is 20. The SMILES string of the molecule is CC[C@H]1O[C@@]2(C)[C@H](OC(C)=O)[C@@]1(C)O[C@@H](/C=C/C=C/C=C/c1oc(=O)cc(OC)c1C)[C@@H]2OC(=O)CCCC(=O)OCc1c(CSC[C@@H](NC(C)=O)C(=O)O)no[n+]1[O-]. The van der Waals surface area contributed by atoms with Crippen molar-refractivity contribution in [2.45, 2.75) is 121 Å². The summed E-state index contributed by atoms with van der Waals surface area (Å²) < 4.78 is 45.1. The van der Waals surface area contributed by atoms with Crippen molar-refractivity contribution in [1.82, 2.24) is 10.5 Å². The third kappa shape index (κ3) is 11.6. The van der Waals surface area contributed by atoms with E-state index in [4.69, 9.17) is 32.8 Å². The van der Waals surface area contributed by atoms with Crippen molar-refractivity contribution in [3.05, 3.63) is 74.8 Å². The number of fused-ring (bicyclic) bond motifs is 2. The Morgan fingerprint density at radius 1 is 1.07 bits per heavy atom. The summed E-state index contributed by atoms with van der Waals surface area (Å²) in [6.45, 7) is 9.09. The average molecular weight is 848 g/mol. The molecule has 20 heteroatoms. The number of carboxylic acids is 1. The maximum atomic E-state index is 13.3. The molecule has 2 aliphatic rings. The quantitative estimate of drug-likeness (QED) is 0.0840. The van der Waals surface area contributed by atoms with Gasteiger partial charge < -0.3 is 48.5 Å². The van der Waals surface area contributed by atoms with Crippen LogP contribution in [0.1, 0.15) is 83.0 Å². The van der Waals surface area contributed by atoms with Crippen molar-refractivity contribution in [3.8, 4) is 5.75 Å². The molecular weight excluding hydrogens is 799 g/mol. The van der Waals surface area contributed by atoms with Crippen molar-refractivity contribution in [2.75, 3.05) is 12.9 Å². The summed E-state index contributed by atoms with van der Waals surface area (Å²) in [5.74, 6) is -3.02. The molecule has 2 bridgehead atoms. The van der Waals surface area contributed by atoms with Crippen LogP contribution in [0.4, 0.5) is 0 Å². The number of allylic oxidation sites excluding steroid dienone is 4. The van der Waals surface area contributed by atoms with Crippen LogP contribution in [-0.2, 0) is 60.0 Å². The van der Waals surface area contributed by atoms with Crippen molar-refractivity contribution in [3.63, 3.8) is 0 Å². The van der Waals surface area contributed by atoms with Gasteiger partial charge in [0.1, 0.15) is 34.9 Å². The summed E-state index contributed by atoms with van der Waals surface area (Å²) >= 11 is 1.06. The van der Waals surface area contributed by atoms with Crippen LogP contribution in [-0.4, -0.2) is 94.6 Å². The fraction of sp³-hybridized carbons (Fsp3) is 0.538. The highest BCUT2D eigenvalue weighted by Crippen LogP contribution is 2.52. The number of nitrogens with one attached hydrogen (secondary N) is 1. The molecule has 1 amide bonds. The van der Waals surface area contributed by atoms with E-state index in [1.54, 1.807) is 57.2 Å². The minimum absolute atomic E-state index is 0.0113. The number of aromatic nitrogens is 2. The minimum Gasteiger partial charge on any atom is -0.496 e. The van der Waals surface area contributed by atoms with Crippen molar-refractivity contribution < 1.29 is 71.4 Å². The third-order valence-corrected chi connectivity index (χ3v) is 10.7. The Balaban J connectivity index is 1.39. The second-order valence-corrected chi connectivity index (χ2v) is 15.1. The van der Waals surface area contributed by atoms with Gasteiger partial charge in [0.15, 0.2) is 18.8 Å². The number of aliphatic carboxylic acids is 1. The van der Waals surface area contributed by atoms with Crippen molar-refractivity contribution >= 4 is 47.6 Å². The molecule has 2 aliphatic heterocycles. The maximum Gasteiger partial charge on any atom is 0.339 e. The summed E-state index contributed by atoms with van der Waals surface area (Å²) in [6.07, 6.45) is 6.70. The van der Waals surface area contributed by atoms with E-state index >= 15 is 0 Å². The zero-order valence-corrected chi connectivity index (χ0v) is 34.6. The number of amides is 1. The highest BCUT2D eigenvalue weighted by atomic mass is 32.2. The fourth-order valence-electron chi connectivity index (χ4n) is 6.87. The lowest BCUT2D eigenvalue weighted by Gasteiger charge is -2.48. The van der Waals surface area contributed by atoms with E-state index in [2.05, 4.69) is 15.1 Å². The molecule has 2 N–H and O–H groups in total. The van der Waals surface area contributed by atoms with E-state index in [0.717, 1.165) is 11.8 Å². The Labute approximate surface area is 343 Å². The largest absolute Gasteiger partial charge is 0.496 e. The number of ether oxygens (including phenoxy) is 6. The molecule has 0 aliphatic carbocycles. The van der Waals surface area contributed by atoms with Gasteiger partial charge in [-0.2, -0.15) is 11.8 Å². The second kappa shape index (κ2) is 20.5. The molecule has 0 unspecified atom stereocenters. The van der Waals surface area contributed by atoms with Crippen LogP contribution in [0.15, 0.2) is 50.3 Å². The predicted octanol–water partition coefficient (Wildman–Crippen LogP) is 3.01. The highest BCUT2D eigenvalue weighted by Gasteiger charge is 2.71. The van der Waals surface area contributed by atoms with Gasteiger partial charge in [0.2, 0.25) is 17.3 Å². The van der Waals surface area contributed by atoms with Gasteiger partial charge in [-0.3, -0.25) is 23.8 Å². The van der Waals surface area contributed by atoms with E-state index in [1.165, 1.54) is 27.0 Å². The molecule has 4 heterocycles. The van der Waals surface area contributed by atoms with E-state index < -0.39 is 83.7 Å². The van der Waals surface area contributed by atoms with E-state index in [0.29, 0.717) is 23.5 Å². The molecule has 59 heavy (non-hydrogen) atoms. The van der Waals surface area contributed by atoms with Crippen LogP contribution in [0, 0.1) is 12.1 Å². The van der Waals surface area contributed by atoms with Crippen LogP contribution in [0.25, 0.3) is 6.08 Å². The zero-order valence-electron chi connectivity index (χ0n) is 33.8. The molecule has 19 nitrogen and oxygen atoms in total. The Hall–Kier alpha value is -5.47. The van der Waals surface area contributed by atoms with Gasteiger partial charge in [0.05, 0.1) is 25.0 Å². The molecule has 2 aromatic rings. The van der Waals surface area contributed by atoms with Crippen LogP contribution in [0.2, 0.25) is 0 Å². The van der Waals surface area contributed by atoms with E-state index in [1.807, 2.05) is 6.92 Å². The summed E-state index contributed by atoms with van der Waals surface area (Å²) in [7, 11) is 1.46. The second-order valence-electron chi connectivity index (χ2n) is 14.1. The highest BCUT2D eigenvalue weighted by molar-refractivity contribution is 7.98. The number of carbonyl (C=O) groups excluding carboxylic acids is 4. The Morgan fingerprint density at radius 3 is 2.44 bits per heavy atom. The fourth-order valence-corrected chi connectivity index (χ4v) is 7.86. The molecular formula is C39H49N3O16S. The molecule has 2 fully saturated rings. The number of thioether (sulfide) groups is 1. The first-order valence-electron chi connectivity index (χ1n) is 18.7. The minimum atomic E-state index is -1.32. The predicted molar refractivity (Wildman–Crippen MR) is 206 cm³/mol. The average Bonchev–Trinajstić information content (AvgIpc) is 3.59. The van der Waals surface area contributed by atoms with Gasteiger partial charge in [-0.05, 0) is 44.6 Å². The lowest BCUT2D eigenvalue weighted by atomic mass is 9.77. The number of hydrogen-bond acceptors (Lipinski definition) is 17. The molecule has 322 valence electrons. The Kier molecular flexibility index (Phi) is 16.0. The molecule has 4 rings (SSSR count). The Bertz CT molecular complexity index is 2010. The number of esters is 3. The lowest BCUT2D eigenvalue weighted by molar-refractivity contribution is -0.809. The van der Waals surface area contributed by atoms with Gasteiger partial charge in [-0.25, -0.2) is 9.59 Å². The van der Waals surface area contributed by atoms with Gasteiger partial charge in [0, 0.05) is 43.2 Å². The zero-order chi connectivity index (χ0) is 43.5. The first kappa shape index (κ1) is 46.2. The van der Waals surface area contributed by atoms with E-state index in [-0.39, 0.29) is 47.1 Å². The number of hydrogen-bond donors (Lipinski definition) is 2. The van der Waals surface area contributed by atoms with Crippen LogP contribution in [0.3, 0.4) is 0 Å². The molecule has 7 atom stereocenters. The van der Waals surface area contributed by atoms with Crippen molar-refractivity contribution in [1.29, 1.82) is 0 Å². The van der Waals surface area contributed by atoms with Crippen LogP contribution in [0.5, 0.6) is 5.75 Å².